The van der Waals surface area contributed by atoms with Crippen molar-refractivity contribution in [1.82, 2.24) is 18.9 Å². The molecule has 0 spiro atoms. The van der Waals surface area contributed by atoms with Gasteiger partial charge in [0, 0.05) is 17.2 Å². The minimum Gasteiger partial charge on any atom is -0.412 e. The fourth-order valence-electron chi connectivity index (χ4n) is 3.71. The van der Waals surface area contributed by atoms with E-state index < -0.39 is 0 Å². The molecule has 4 rings (SSSR count). The average Bonchev–Trinajstić information content (AvgIpc) is 3.22. The fourth-order valence-corrected chi connectivity index (χ4v) is 3.98. The Morgan fingerprint density at radius 3 is 2.30 bits per heavy atom. The number of aromatic nitrogens is 3. The SMILES string of the molecule is CCN(CC)CCCn1c(-c2ccc(Br)cc2)cn2c3ccccc3nc12.Cl.Cl.O. The van der Waals surface area contributed by atoms with Crippen molar-refractivity contribution >= 4 is 57.6 Å². The van der Waals surface area contributed by atoms with Crippen LogP contribution in [0.1, 0.15) is 20.3 Å². The molecule has 2 N–H and O–H groups in total. The van der Waals surface area contributed by atoms with E-state index in [-0.39, 0.29) is 30.3 Å². The molecule has 30 heavy (non-hydrogen) atoms. The zero-order valence-corrected chi connectivity index (χ0v) is 20.4. The number of hydrogen-bond donors (Lipinski definition) is 0. The molecule has 0 unspecified atom stereocenters. The van der Waals surface area contributed by atoms with Gasteiger partial charge in [0.25, 0.3) is 0 Å². The first-order valence-corrected chi connectivity index (χ1v) is 10.4. The zero-order valence-electron chi connectivity index (χ0n) is 17.2. The second-order valence-corrected chi connectivity index (χ2v) is 7.74. The summed E-state index contributed by atoms with van der Waals surface area (Å²) in [7, 11) is 0. The number of nitrogens with zero attached hydrogens (tertiary/aromatic N) is 4. The Balaban J connectivity index is 0.00000150. The lowest BCUT2D eigenvalue weighted by Gasteiger charge is -2.18. The average molecular weight is 516 g/mol. The van der Waals surface area contributed by atoms with Crippen molar-refractivity contribution < 1.29 is 5.48 Å². The van der Waals surface area contributed by atoms with Gasteiger partial charge in [0.2, 0.25) is 5.78 Å². The van der Waals surface area contributed by atoms with Crippen LogP contribution in [0.2, 0.25) is 0 Å². The van der Waals surface area contributed by atoms with Gasteiger partial charge in [0.15, 0.2) is 0 Å². The van der Waals surface area contributed by atoms with Crippen molar-refractivity contribution in [1.29, 1.82) is 0 Å². The van der Waals surface area contributed by atoms with Crippen LogP contribution < -0.4 is 0 Å². The molecule has 5 nitrogen and oxygen atoms in total. The maximum absolute atomic E-state index is 4.92. The zero-order chi connectivity index (χ0) is 18.8. The van der Waals surface area contributed by atoms with Crippen molar-refractivity contribution in [3.8, 4) is 11.3 Å². The van der Waals surface area contributed by atoms with Crippen molar-refractivity contribution in [2.45, 2.75) is 26.8 Å². The highest BCUT2D eigenvalue weighted by Gasteiger charge is 2.15. The summed E-state index contributed by atoms with van der Waals surface area (Å²) >= 11 is 3.54. The van der Waals surface area contributed by atoms with Crippen molar-refractivity contribution in [3.05, 3.63) is 59.2 Å². The molecule has 2 heterocycles. The molecule has 0 saturated carbocycles. The third kappa shape index (κ3) is 5.18. The minimum absolute atomic E-state index is 0. The van der Waals surface area contributed by atoms with E-state index in [1.165, 1.54) is 11.3 Å². The Morgan fingerprint density at radius 1 is 0.967 bits per heavy atom. The summed E-state index contributed by atoms with van der Waals surface area (Å²) in [6, 6.07) is 16.9. The van der Waals surface area contributed by atoms with E-state index in [1.807, 2.05) is 0 Å². The molecular formula is C22H29BrCl2N4O. The van der Waals surface area contributed by atoms with Gasteiger partial charge in [-0.2, -0.15) is 0 Å². The highest BCUT2D eigenvalue weighted by molar-refractivity contribution is 9.10. The standard InChI is InChI=1S/C22H25BrN4.2ClH.H2O/c1-3-25(4-2)14-7-15-26-21(17-10-12-18(23)13-11-17)16-27-20-9-6-5-8-19(20)24-22(26)27;;;/h5-6,8-13,16H,3-4,7,14-15H2,1-2H3;2*1H;1H2. The molecule has 0 fully saturated rings. The van der Waals surface area contributed by atoms with E-state index >= 15 is 0 Å². The first-order valence-electron chi connectivity index (χ1n) is 9.66. The lowest BCUT2D eigenvalue weighted by molar-refractivity contribution is 0.294. The molecule has 0 radical (unpaired) electrons. The fraction of sp³-hybridized carbons (Fsp3) is 0.318. The topological polar surface area (TPSA) is 57.0 Å². The maximum atomic E-state index is 4.92. The van der Waals surface area contributed by atoms with Gasteiger partial charge < -0.3 is 14.9 Å². The molecule has 2 aromatic carbocycles. The van der Waals surface area contributed by atoms with E-state index in [9.17, 15) is 0 Å². The summed E-state index contributed by atoms with van der Waals surface area (Å²) in [4.78, 5) is 7.39. The number of imidazole rings is 2. The molecule has 0 aliphatic rings. The second kappa shape index (κ2) is 11.7. The predicted molar refractivity (Wildman–Crippen MR) is 134 cm³/mol. The van der Waals surface area contributed by atoms with Gasteiger partial charge in [-0.15, -0.1) is 24.8 Å². The number of aryl methyl sites for hydroxylation is 1. The summed E-state index contributed by atoms with van der Waals surface area (Å²) in [6.07, 6.45) is 3.34. The van der Waals surface area contributed by atoms with Crippen LogP contribution in [-0.2, 0) is 6.54 Å². The van der Waals surface area contributed by atoms with Gasteiger partial charge in [-0.3, -0.25) is 4.40 Å². The van der Waals surface area contributed by atoms with Gasteiger partial charge >= 0.3 is 0 Å². The van der Waals surface area contributed by atoms with Crippen molar-refractivity contribution in [2.75, 3.05) is 19.6 Å². The number of hydrogen-bond acceptors (Lipinski definition) is 2. The maximum Gasteiger partial charge on any atom is 0.215 e. The van der Waals surface area contributed by atoms with Crippen LogP contribution in [0.5, 0.6) is 0 Å². The van der Waals surface area contributed by atoms with Gasteiger partial charge in [0.1, 0.15) is 0 Å². The van der Waals surface area contributed by atoms with Crippen LogP contribution in [-0.4, -0.2) is 44.0 Å². The third-order valence-corrected chi connectivity index (χ3v) is 5.78. The summed E-state index contributed by atoms with van der Waals surface area (Å²) in [5.74, 6) is 1.02. The number of rotatable bonds is 7. The smallest absolute Gasteiger partial charge is 0.215 e. The molecule has 164 valence electrons. The van der Waals surface area contributed by atoms with Crippen LogP contribution >= 0.6 is 40.7 Å². The lowest BCUT2D eigenvalue weighted by Crippen LogP contribution is -2.24. The number of fused-ring (bicyclic) bond motifs is 3. The van der Waals surface area contributed by atoms with Crippen LogP contribution in [0.3, 0.4) is 0 Å². The quantitative estimate of drug-likeness (QED) is 0.327. The van der Waals surface area contributed by atoms with Gasteiger partial charge in [-0.05, 0) is 55.9 Å². The molecule has 0 aliphatic heterocycles. The molecule has 0 amide bonds. The van der Waals surface area contributed by atoms with E-state index in [0.717, 1.165) is 53.9 Å². The Bertz CT molecular complexity index is 1060. The predicted octanol–water partition coefficient (Wildman–Crippen LogP) is 5.47. The highest BCUT2D eigenvalue weighted by Crippen LogP contribution is 2.28. The number of benzene rings is 2. The van der Waals surface area contributed by atoms with Gasteiger partial charge in [0.05, 0.1) is 16.7 Å². The van der Waals surface area contributed by atoms with Crippen molar-refractivity contribution in [2.24, 2.45) is 0 Å². The van der Waals surface area contributed by atoms with Crippen LogP contribution in [0, 0.1) is 0 Å². The Kier molecular flexibility index (Phi) is 10.3. The van der Waals surface area contributed by atoms with E-state index in [1.54, 1.807) is 0 Å². The summed E-state index contributed by atoms with van der Waals surface area (Å²) in [5, 5.41) is 0. The van der Waals surface area contributed by atoms with E-state index in [4.69, 9.17) is 4.98 Å². The molecule has 0 aliphatic carbocycles. The lowest BCUT2D eigenvalue weighted by atomic mass is 10.1. The summed E-state index contributed by atoms with van der Waals surface area (Å²) in [6.45, 7) is 8.73. The normalized spacial score (nSPS) is 10.7. The Hall–Kier alpha value is -1.57. The minimum atomic E-state index is 0. The highest BCUT2D eigenvalue weighted by atomic mass is 79.9. The third-order valence-electron chi connectivity index (χ3n) is 5.25. The second-order valence-electron chi connectivity index (χ2n) is 6.82. The first-order chi connectivity index (χ1) is 13.2. The van der Waals surface area contributed by atoms with Gasteiger partial charge in [-0.25, -0.2) is 4.98 Å². The Labute approximate surface area is 198 Å². The van der Waals surface area contributed by atoms with Gasteiger partial charge in [-0.1, -0.05) is 54.0 Å². The number of para-hydroxylation sites is 2. The summed E-state index contributed by atoms with van der Waals surface area (Å²) < 4.78 is 5.69. The molecule has 2 aromatic heterocycles. The van der Waals surface area contributed by atoms with Crippen LogP contribution in [0.4, 0.5) is 0 Å². The van der Waals surface area contributed by atoms with E-state index in [0.29, 0.717) is 0 Å². The molecular weight excluding hydrogens is 487 g/mol. The largest absolute Gasteiger partial charge is 0.412 e. The molecule has 0 saturated heterocycles. The monoisotopic (exact) mass is 514 g/mol. The molecule has 0 atom stereocenters. The van der Waals surface area contributed by atoms with Crippen molar-refractivity contribution in [3.63, 3.8) is 0 Å². The molecule has 8 heteroatoms. The first kappa shape index (κ1) is 26.5. The molecule has 0 bridgehead atoms. The van der Waals surface area contributed by atoms with E-state index in [2.05, 4.69) is 98.4 Å². The number of halogens is 3. The summed E-state index contributed by atoms with van der Waals surface area (Å²) in [5.41, 5.74) is 4.65. The van der Waals surface area contributed by atoms with Crippen LogP contribution in [0.25, 0.3) is 28.1 Å². The molecule has 4 aromatic rings. The van der Waals surface area contributed by atoms with Crippen LogP contribution in [0.15, 0.2) is 59.2 Å². The Morgan fingerprint density at radius 2 is 1.63 bits per heavy atom.